The van der Waals surface area contributed by atoms with E-state index in [4.69, 9.17) is 5.73 Å². The van der Waals surface area contributed by atoms with E-state index in [1.165, 1.54) is 58.0 Å². The first-order valence-electron chi connectivity index (χ1n) is 6.69. The summed E-state index contributed by atoms with van der Waals surface area (Å²) in [5.41, 5.74) is 6.64. The van der Waals surface area contributed by atoms with E-state index in [-0.39, 0.29) is 5.54 Å². The zero-order valence-electron chi connectivity index (χ0n) is 10.2. The predicted molar refractivity (Wildman–Crippen MR) is 64.8 cm³/mol. The topological polar surface area (TPSA) is 29.3 Å². The molecular formula is C13H26N2. The van der Waals surface area contributed by atoms with Crippen molar-refractivity contribution in [2.24, 2.45) is 11.7 Å². The van der Waals surface area contributed by atoms with Gasteiger partial charge in [0, 0.05) is 18.6 Å². The van der Waals surface area contributed by atoms with Crippen molar-refractivity contribution >= 4 is 0 Å². The summed E-state index contributed by atoms with van der Waals surface area (Å²) in [6, 6.07) is 0. The maximum Gasteiger partial charge on any atom is 0.0283 e. The van der Waals surface area contributed by atoms with Gasteiger partial charge in [-0.15, -0.1) is 0 Å². The fourth-order valence-corrected chi connectivity index (χ4v) is 3.29. The molecule has 2 N–H and O–H groups in total. The molecule has 0 bridgehead atoms. The summed E-state index contributed by atoms with van der Waals surface area (Å²) >= 11 is 0. The smallest absolute Gasteiger partial charge is 0.0283 e. The van der Waals surface area contributed by atoms with Gasteiger partial charge in [-0.25, -0.2) is 0 Å². The minimum absolute atomic E-state index is 0.148. The molecule has 2 nitrogen and oxygen atoms in total. The van der Waals surface area contributed by atoms with Crippen molar-refractivity contribution in [3.05, 3.63) is 0 Å². The van der Waals surface area contributed by atoms with Crippen molar-refractivity contribution in [3.63, 3.8) is 0 Å². The van der Waals surface area contributed by atoms with Gasteiger partial charge in [-0.05, 0) is 38.1 Å². The number of hydrogen-bond donors (Lipinski definition) is 1. The lowest BCUT2D eigenvalue weighted by Gasteiger charge is -2.40. The molecule has 0 aromatic rings. The monoisotopic (exact) mass is 210 g/mol. The Kier molecular flexibility index (Phi) is 3.68. The molecule has 1 saturated carbocycles. The largest absolute Gasteiger partial charge is 0.324 e. The molecule has 15 heavy (non-hydrogen) atoms. The highest BCUT2D eigenvalue weighted by Gasteiger charge is 2.30. The number of likely N-dealkylation sites (tertiary alicyclic amines) is 1. The Morgan fingerprint density at radius 1 is 1.20 bits per heavy atom. The normalized spacial score (nSPS) is 32.8. The average Bonchev–Trinajstić information content (AvgIpc) is 2.18. The SMILES string of the molecule is CC1CCCN(CC2(N)CCCCC2)C1. The second-order valence-electron chi connectivity index (χ2n) is 5.91. The Morgan fingerprint density at radius 2 is 1.93 bits per heavy atom. The number of nitrogens with two attached hydrogens (primary N) is 1. The van der Waals surface area contributed by atoms with Crippen molar-refractivity contribution in [2.75, 3.05) is 19.6 Å². The molecule has 1 atom stereocenters. The molecule has 0 amide bonds. The zero-order valence-corrected chi connectivity index (χ0v) is 10.2. The van der Waals surface area contributed by atoms with Crippen LogP contribution in [0, 0.1) is 5.92 Å². The number of nitrogens with zero attached hydrogens (tertiary/aromatic N) is 1. The van der Waals surface area contributed by atoms with Gasteiger partial charge in [-0.2, -0.15) is 0 Å². The lowest BCUT2D eigenvalue weighted by molar-refractivity contribution is 0.127. The molecule has 2 aliphatic rings. The summed E-state index contributed by atoms with van der Waals surface area (Å²) < 4.78 is 0. The molecule has 1 heterocycles. The molecule has 1 unspecified atom stereocenters. The van der Waals surface area contributed by atoms with Gasteiger partial charge in [0.15, 0.2) is 0 Å². The minimum atomic E-state index is 0.148. The molecule has 2 fully saturated rings. The van der Waals surface area contributed by atoms with Crippen LogP contribution in [0.25, 0.3) is 0 Å². The first-order chi connectivity index (χ1) is 7.18. The second-order valence-corrected chi connectivity index (χ2v) is 5.91. The lowest BCUT2D eigenvalue weighted by Crippen LogP contribution is -2.53. The van der Waals surface area contributed by atoms with Gasteiger partial charge in [-0.1, -0.05) is 26.2 Å². The lowest BCUT2D eigenvalue weighted by atomic mass is 9.81. The van der Waals surface area contributed by atoms with E-state index in [1.807, 2.05) is 0 Å². The van der Waals surface area contributed by atoms with Crippen LogP contribution in [0.1, 0.15) is 51.9 Å². The minimum Gasteiger partial charge on any atom is -0.324 e. The highest BCUT2D eigenvalue weighted by atomic mass is 15.2. The van der Waals surface area contributed by atoms with E-state index in [1.54, 1.807) is 0 Å². The fourth-order valence-electron chi connectivity index (χ4n) is 3.29. The van der Waals surface area contributed by atoms with E-state index in [0.29, 0.717) is 0 Å². The maximum atomic E-state index is 6.49. The second kappa shape index (κ2) is 4.84. The van der Waals surface area contributed by atoms with E-state index >= 15 is 0 Å². The Balaban J connectivity index is 1.83. The van der Waals surface area contributed by atoms with Gasteiger partial charge < -0.3 is 10.6 Å². The molecule has 0 aromatic carbocycles. The third kappa shape index (κ3) is 3.18. The summed E-state index contributed by atoms with van der Waals surface area (Å²) in [7, 11) is 0. The number of rotatable bonds is 2. The van der Waals surface area contributed by atoms with E-state index in [2.05, 4.69) is 11.8 Å². The van der Waals surface area contributed by atoms with Crippen molar-refractivity contribution in [1.29, 1.82) is 0 Å². The summed E-state index contributed by atoms with van der Waals surface area (Å²) in [5, 5.41) is 0. The molecule has 2 heteroatoms. The fraction of sp³-hybridized carbons (Fsp3) is 1.00. The van der Waals surface area contributed by atoms with Crippen LogP contribution in [-0.2, 0) is 0 Å². The summed E-state index contributed by atoms with van der Waals surface area (Å²) in [6.45, 7) is 6.08. The van der Waals surface area contributed by atoms with E-state index in [9.17, 15) is 0 Å². The van der Waals surface area contributed by atoms with Crippen LogP contribution in [0.4, 0.5) is 0 Å². The molecule has 0 spiro atoms. The molecule has 0 radical (unpaired) electrons. The van der Waals surface area contributed by atoms with E-state index < -0.39 is 0 Å². The number of hydrogen-bond acceptors (Lipinski definition) is 2. The van der Waals surface area contributed by atoms with Crippen molar-refractivity contribution in [3.8, 4) is 0 Å². The number of piperidine rings is 1. The van der Waals surface area contributed by atoms with Gasteiger partial charge in [0.1, 0.15) is 0 Å². The molecule has 0 aromatic heterocycles. The molecular weight excluding hydrogens is 184 g/mol. The van der Waals surface area contributed by atoms with Crippen LogP contribution >= 0.6 is 0 Å². The van der Waals surface area contributed by atoms with Gasteiger partial charge in [-0.3, -0.25) is 0 Å². The molecule has 1 saturated heterocycles. The van der Waals surface area contributed by atoms with E-state index in [0.717, 1.165) is 12.5 Å². The first kappa shape index (κ1) is 11.4. The Morgan fingerprint density at radius 3 is 2.60 bits per heavy atom. The maximum absolute atomic E-state index is 6.49. The third-order valence-electron chi connectivity index (χ3n) is 4.13. The highest BCUT2D eigenvalue weighted by molar-refractivity contribution is 4.91. The highest BCUT2D eigenvalue weighted by Crippen LogP contribution is 2.28. The van der Waals surface area contributed by atoms with Crippen LogP contribution < -0.4 is 5.73 Å². The van der Waals surface area contributed by atoms with Crippen LogP contribution in [-0.4, -0.2) is 30.1 Å². The Labute approximate surface area is 94.2 Å². The quantitative estimate of drug-likeness (QED) is 0.758. The van der Waals surface area contributed by atoms with Gasteiger partial charge >= 0.3 is 0 Å². The third-order valence-corrected chi connectivity index (χ3v) is 4.13. The molecule has 88 valence electrons. The summed E-state index contributed by atoms with van der Waals surface area (Å²) in [6.07, 6.45) is 9.37. The van der Waals surface area contributed by atoms with Gasteiger partial charge in [0.05, 0.1) is 0 Å². The van der Waals surface area contributed by atoms with Crippen molar-refractivity contribution in [1.82, 2.24) is 4.90 Å². The summed E-state index contributed by atoms with van der Waals surface area (Å²) in [4.78, 5) is 2.61. The molecule has 1 aliphatic heterocycles. The van der Waals surface area contributed by atoms with Crippen molar-refractivity contribution < 1.29 is 0 Å². The first-order valence-corrected chi connectivity index (χ1v) is 6.69. The standard InChI is InChI=1S/C13H26N2/c1-12-6-5-9-15(10-12)11-13(14)7-3-2-4-8-13/h12H,2-11,14H2,1H3. The Hall–Kier alpha value is -0.0800. The Bertz CT molecular complexity index is 197. The average molecular weight is 210 g/mol. The van der Waals surface area contributed by atoms with Crippen molar-refractivity contribution in [2.45, 2.75) is 57.4 Å². The van der Waals surface area contributed by atoms with Gasteiger partial charge in [0.2, 0.25) is 0 Å². The summed E-state index contributed by atoms with van der Waals surface area (Å²) in [5.74, 6) is 0.881. The molecule has 2 rings (SSSR count). The predicted octanol–water partition coefficient (Wildman–Crippen LogP) is 2.38. The van der Waals surface area contributed by atoms with Crippen LogP contribution in [0.5, 0.6) is 0 Å². The van der Waals surface area contributed by atoms with Gasteiger partial charge in [0.25, 0.3) is 0 Å². The zero-order chi connectivity index (χ0) is 10.7. The van der Waals surface area contributed by atoms with Crippen LogP contribution in [0.15, 0.2) is 0 Å². The van der Waals surface area contributed by atoms with Crippen LogP contribution in [0.2, 0.25) is 0 Å². The molecule has 1 aliphatic carbocycles. The van der Waals surface area contributed by atoms with Crippen LogP contribution in [0.3, 0.4) is 0 Å².